The molecule has 62 valence electrons. The lowest BCUT2D eigenvalue weighted by atomic mass is 10.3. The van der Waals surface area contributed by atoms with E-state index in [0.717, 1.165) is 6.54 Å². The maximum atomic E-state index is 4.34. The van der Waals surface area contributed by atoms with Crippen molar-refractivity contribution >= 4 is 11.0 Å². The van der Waals surface area contributed by atoms with Crippen LogP contribution < -0.4 is 4.68 Å². The summed E-state index contributed by atoms with van der Waals surface area (Å²) >= 11 is 0. The number of rotatable bonds is 1. The third kappa shape index (κ3) is 0.897. The SMILES string of the molecule is CCn1n[n+](C)c2ccccc21. The molecule has 3 nitrogen and oxygen atoms in total. The molecule has 1 aromatic heterocycles. The van der Waals surface area contributed by atoms with E-state index >= 15 is 0 Å². The summed E-state index contributed by atoms with van der Waals surface area (Å²) in [5, 5.41) is 4.34. The van der Waals surface area contributed by atoms with Gasteiger partial charge in [-0.05, 0) is 19.1 Å². The third-order valence-corrected chi connectivity index (χ3v) is 2.05. The molecule has 0 aliphatic carbocycles. The Hall–Kier alpha value is -1.38. The molecule has 3 heteroatoms. The highest BCUT2D eigenvalue weighted by Crippen LogP contribution is 2.07. The lowest BCUT2D eigenvalue weighted by Crippen LogP contribution is -2.31. The van der Waals surface area contributed by atoms with E-state index in [1.54, 1.807) is 0 Å². The zero-order valence-electron chi connectivity index (χ0n) is 7.36. The summed E-state index contributed by atoms with van der Waals surface area (Å²) < 4.78 is 3.90. The molecular weight excluding hydrogens is 150 g/mol. The molecule has 0 saturated carbocycles. The average molecular weight is 162 g/mol. The number of nitrogens with zero attached hydrogens (tertiary/aromatic N) is 3. The second kappa shape index (κ2) is 2.59. The van der Waals surface area contributed by atoms with Crippen LogP contribution >= 0.6 is 0 Å². The van der Waals surface area contributed by atoms with E-state index in [9.17, 15) is 0 Å². The monoisotopic (exact) mass is 162 g/mol. The number of hydrogen-bond donors (Lipinski definition) is 0. The van der Waals surface area contributed by atoms with Gasteiger partial charge in [0.1, 0.15) is 13.6 Å². The Bertz CT molecular complexity index is 403. The first-order valence-electron chi connectivity index (χ1n) is 4.15. The highest BCUT2D eigenvalue weighted by atomic mass is 15.5. The van der Waals surface area contributed by atoms with Crippen molar-refractivity contribution in [2.75, 3.05) is 0 Å². The molecule has 0 saturated heterocycles. The van der Waals surface area contributed by atoms with Crippen molar-refractivity contribution < 1.29 is 4.68 Å². The lowest BCUT2D eigenvalue weighted by molar-refractivity contribution is -0.709. The van der Waals surface area contributed by atoms with Crippen LogP contribution in [0.1, 0.15) is 6.92 Å². The summed E-state index contributed by atoms with van der Waals surface area (Å²) in [6, 6.07) is 8.24. The van der Waals surface area contributed by atoms with Gasteiger partial charge >= 0.3 is 0 Å². The quantitative estimate of drug-likeness (QED) is 0.570. The smallest absolute Gasteiger partial charge is 0.132 e. The van der Waals surface area contributed by atoms with Gasteiger partial charge < -0.3 is 0 Å². The van der Waals surface area contributed by atoms with Gasteiger partial charge in [0.05, 0.1) is 5.21 Å². The van der Waals surface area contributed by atoms with Crippen LogP contribution in [0.2, 0.25) is 0 Å². The number of benzene rings is 1. The van der Waals surface area contributed by atoms with Crippen LogP contribution in [-0.2, 0) is 13.6 Å². The second-order valence-electron chi connectivity index (χ2n) is 2.82. The Kier molecular flexibility index (Phi) is 1.57. The van der Waals surface area contributed by atoms with E-state index in [-0.39, 0.29) is 0 Å². The minimum absolute atomic E-state index is 0.918. The molecule has 0 fully saturated rings. The number of aryl methyl sites for hydroxylation is 2. The van der Waals surface area contributed by atoms with Crippen molar-refractivity contribution in [3.63, 3.8) is 0 Å². The first-order valence-corrected chi connectivity index (χ1v) is 4.15. The first-order chi connectivity index (χ1) is 5.83. The summed E-state index contributed by atoms with van der Waals surface area (Å²) in [4.78, 5) is 0. The minimum Gasteiger partial charge on any atom is -0.132 e. The predicted molar refractivity (Wildman–Crippen MR) is 46.6 cm³/mol. The summed E-state index contributed by atoms with van der Waals surface area (Å²) in [6.45, 7) is 3.01. The van der Waals surface area contributed by atoms with E-state index < -0.39 is 0 Å². The van der Waals surface area contributed by atoms with Crippen molar-refractivity contribution in [1.29, 1.82) is 0 Å². The van der Waals surface area contributed by atoms with E-state index in [1.807, 2.05) is 28.5 Å². The maximum Gasteiger partial charge on any atom is 0.198 e. The molecule has 1 heterocycles. The first kappa shape index (κ1) is 7.28. The molecule has 12 heavy (non-hydrogen) atoms. The molecule has 0 unspecified atom stereocenters. The number of para-hydroxylation sites is 2. The van der Waals surface area contributed by atoms with Crippen LogP contribution in [0.5, 0.6) is 0 Å². The summed E-state index contributed by atoms with van der Waals surface area (Å²) in [6.07, 6.45) is 0. The molecule has 0 spiro atoms. The van der Waals surface area contributed by atoms with Gasteiger partial charge in [-0.25, -0.2) is 0 Å². The zero-order valence-corrected chi connectivity index (χ0v) is 7.36. The van der Waals surface area contributed by atoms with Crippen molar-refractivity contribution in [1.82, 2.24) is 9.90 Å². The fourth-order valence-corrected chi connectivity index (χ4v) is 1.45. The molecule has 0 atom stereocenters. The Labute approximate surface area is 71.2 Å². The summed E-state index contributed by atoms with van der Waals surface area (Å²) in [5.41, 5.74) is 2.38. The fraction of sp³-hybridized carbons (Fsp3) is 0.333. The van der Waals surface area contributed by atoms with Gasteiger partial charge in [0.2, 0.25) is 0 Å². The van der Waals surface area contributed by atoms with Gasteiger partial charge in [-0.2, -0.15) is 0 Å². The van der Waals surface area contributed by atoms with Crippen molar-refractivity contribution in [2.24, 2.45) is 7.05 Å². The maximum absolute atomic E-state index is 4.34. The highest BCUT2D eigenvalue weighted by molar-refractivity contribution is 5.70. The fourth-order valence-electron chi connectivity index (χ4n) is 1.45. The normalized spacial score (nSPS) is 10.8. The molecule has 2 rings (SSSR count). The van der Waals surface area contributed by atoms with Gasteiger partial charge in [-0.3, -0.25) is 0 Å². The number of hydrogen-bond acceptors (Lipinski definition) is 1. The van der Waals surface area contributed by atoms with Crippen molar-refractivity contribution in [3.05, 3.63) is 24.3 Å². The summed E-state index contributed by atoms with van der Waals surface area (Å²) in [7, 11) is 1.97. The molecule has 0 N–H and O–H groups in total. The Balaban J connectivity index is 2.82. The Morgan fingerprint density at radius 2 is 2.17 bits per heavy atom. The van der Waals surface area contributed by atoms with Crippen LogP contribution in [-0.4, -0.2) is 9.90 Å². The molecule has 0 aliphatic heterocycles. The number of fused-ring (bicyclic) bond motifs is 1. The van der Waals surface area contributed by atoms with Crippen LogP contribution in [0.4, 0.5) is 0 Å². The average Bonchev–Trinajstić information content (AvgIpc) is 2.44. The van der Waals surface area contributed by atoms with Gasteiger partial charge in [-0.15, -0.1) is 9.36 Å². The predicted octanol–water partition coefficient (Wildman–Crippen LogP) is 0.881. The van der Waals surface area contributed by atoms with Gasteiger partial charge in [-0.1, -0.05) is 12.1 Å². The Morgan fingerprint density at radius 1 is 1.42 bits per heavy atom. The third-order valence-electron chi connectivity index (χ3n) is 2.05. The Morgan fingerprint density at radius 3 is 2.92 bits per heavy atom. The topological polar surface area (TPSA) is 21.7 Å². The van der Waals surface area contributed by atoms with Crippen LogP contribution in [0.25, 0.3) is 11.0 Å². The van der Waals surface area contributed by atoms with E-state index in [0.29, 0.717) is 0 Å². The zero-order chi connectivity index (χ0) is 8.55. The van der Waals surface area contributed by atoms with Crippen molar-refractivity contribution in [3.8, 4) is 0 Å². The van der Waals surface area contributed by atoms with Crippen LogP contribution in [0.15, 0.2) is 24.3 Å². The van der Waals surface area contributed by atoms with Crippen LogP contribution in [0.3, 0.4) is 0 Å². The van der Waals surface area contributed by atoms with Gasteiger partial charge in [0.25, 0.3) is 0 Å². The van der Waals surface area contributed by atoms with E-state index in [2.05, 4.69) is 24.3 Å². The van der Waals surface area contributed by atoms with Crippen LogP contribution in [0, 0.1) is 0 Å². The van der Waals surface area contributed by atoms with Crippen molar-refractivity contribution in [2.45, 2.75) is 13.5 Å². The highest BCUT2D eigenvalue weighted by Gasteiger charge is 2.11. The van der Waals surface area contributed by atoms with E-state index in [1.165, 1.54) is 11.0 Å². The molecular formula is C9H12N3+. The van der Waals surface area contributed by atoms with Gasteiger partial charge in [0, 0.05) is 0 Å². The standard InChI is InChI=1S/C9H12N3/c1-3-12-9-7-5-4-6-8(9)11(2)10-12/h4-7H,3H2,1-2H3/q+1. The second-order valence-corrected chi connectivity index (χ2v) is 2.82. The molecule has 0 radical (unpaired) electrons. The van der Waals surface area contributed by atoms with E-state index in [4.69, 9.17) is 0 Å². The molecule has 2 aromatic rings. The molecule has 0 amide bonds. The van der Waals surface area contributed by atoms with Gasteiger partial charge in [0.15, 0.2) is 11.0 Å². The molecule has 1 aromatic carbocycles. The summed E-state index contributed by atoms with van der Waals surface area (Å²) in [5.74, 6) is 0. The molecule has 0 bridgehead atoms. The lowest BCUT2D eigenvalue weighted by Gasteiger charge is -1.84. The molecule has 0 aliphatic rings. The largest absolute Gasteiger partial charge is 0.198 e. The minimum atomic E-state index is 0.918. The number of aromatic nitrogens is 3.